The highest BCUT2D eigenvalue weighted by atomic mass is 32.2. The highest BCUT2D eigenvalue weighted by Gasteiger charge is 2.25. The van der Waals surface area contributed by atoms with E-state index in [-0.39, 0.29) is 0 Å². The zero-order valence-electron chi connectivity index (χ0n) is 15.9. The largest absolute Gasteiger partial charge is 0.317 e. The molecule has 0 fully saturated rings. The van der Waals surface area contributed by atoms with Crippen molar-refractivity contribution in [3.63, 3.8) is 0 Å². The topological polar surface area (TPSA) is 62.3 Å². The van der Waals surface area contributed by atoms with Crippen LogP contribution in [0.25, 0.3) is 10.8 Å². The van der Waals surface area contributed by atoms with E-state index < -0.39 is 10.0 Å². The maximum absolute atomic E-state index is 13.4. The molecule has 1 aromatic carbocycles. The molecule has 0 spiro atoms. The monoisotopic (exact) mass is 377 g/mol. The molecule has 0 bridgehead atoms. The Hall–Kier alpha value is -1.50. The van der Waals surface area contributed by atoms with Crippen molar-refractivity contribution in [2.45, 2.75) is 50.8 Å². The lowest BCUT2D eigenvalue weighted by Crippen LogP contribution is -2.34. The number of nitrogens with zero attached hydrogens (tertiary/aromatic N) is 2. The Balaban J connectivity index is 2.24. The Morgan fingerprint density at radius 1 is 1.04 bits per heavy atom. The van der Waals surface area contributed by atoms with Crippen LogP contribution in [0.2, 0.25) is 0 Å². The predicted octanol–water partition coefficient (Wildman–Crippen LogP) is 3.81. The summed E-state index contributed by atoms with van der Waals surface area (Å²) in [7, 11) is -3.52. The van der Waals surface area contributed by atoms with Gasteiger partial charge in [0.25, 0.3) is 0 Å². The minimum Gasteiger partial charge on any atom is -0.317 e. The molecule has 0 radical (unpaired) electrons. The number of benzene rings is 1. The number of sulfonamides is 1. The smallest absolute Gasteiger partial charge is 0.243 e. The van der Waals surface area contributed by atoms with Gasteiger partial charge >= 0.3 is 0 Å². The first-order valence-corrected chi connectivity index (χ1v) is 11.1. The Morgan fingerprint density at radius 3 is 2.62 bits per heavy atom. The maximum Gasteiger partial charge on any atom is 0.243 e. The van der Waals surface area contributed by atoms with Crippen molar-refractivity contribution in [1.82, 2.24) is 14.6 Å². The summed E-state index contributed by atoms with van der Waals surface area (Å²) in [6, 6.07) is 7.19. The SMILES string of the molecule is CCCCCCN(CCCNCC)S(=O)(=O)c1cccc2cnccc12. The molecule has 0 saturated heterocycles. The molecule has 0 unspecified atom stereocenters. The molecule has 0 amide bonds. The summed E-state index contributed by atoms with van der Waals surface area (Å²) in [5.41, 5.74) is 0. The molecule has 1 N–H and O–H groups in total. The summed E-state index contributed by atoms with van der Waals surface area (Å²) >= 11 is 0. The maximum atomic E-state index is 13.4. The highest BCUT2D eigenvalue weighted by molar-refractivity contribution is 7.89. The molecule has 0 aliphatic rings. The van der Waals surface area contributed by atoms with Crippen molar-refractivity contribution < 1.29 is 8.42 Å². The summed E-state index contributed by atoms with van der Waals surface area (Å²) in [6.07, 6.45) is 8.43. The van der Waals surface area contributed by atoms with Crippen molar-refractivity contribution >= 4 is 20.8 Å². The van der Waals surface area contributed by atoms with Gasteiger partial charge in [-0.15, -0.1) is 0 Å². The van der Waals surface area contributed by atoms with Crippen molar-refractivity contribution in [3.8, 4) is 0 Å². The predicted molar refractivity (Wildman–Crippen MR) is 108 cm³/mol. The molecular weight excluding hydrogens is 346 g/mol. The molecule has 5 nitrogen and oxygen atoms in total. The van der Waals surface area contributed by atoms with Gasteiger partial charge in [0.1, 0.15) is 0 Å². The van der Waals surface area contributed by atoms with Gasteiger partial charge in [0.15, 0.2) is 0 Å². The van der Waals surface area contributed by atoms with Gasteiger partial charge in [0.05, 0.1) is 4.90 Å². The van der Waals surface area contributed by atoms with Crippen LogP contribution in [0.1, 0.15) is 46.0 Å². The normalized spacial score (nSPS) is 12.1. The minimum absolute atomic E-state index is 0.386. The summed E-state index contributed by atoms with van der Waals surface area (Å²) in [4.78, 5) is 4.49. The number of aromatic nitrogens is 1. The lowest BCUT2D eigenvalue weighted by Gasteiger charge is -2.23. The zero-order valence-corrected chi connectivity index (χ0v) is 16.8. The Labute approximate surface area is 157 Å². The van der Waals surface area contributed by atoms with Gasteiger partial charge in [-0.05, 0) is 38.1 Å². The van der Waals surface area contributed by atoms with E-state index in [2.05, 4.69) is 24.1 Å². The third-order valence-electron chi connectivity index (χ3n) is 4.53. The molecule has 1 heterocycles. The number of hydrogen-bond donors (Lipinski definition) is 1. The molecule has 2 aromatic rings. The number of fused-ring (bicyclic) bond motifs is 1. The van der Waals surface area contributed by atoms with Crippen LogP contribution < -0.4 is 5.32 Å². The molecule has 0 aliphatic carbocycles. The van der Waals surface area contributed by atoms with Gasteiger partial charge in [0, 0.05) is 36.3 Å². The van der Waals surface area contributed by atoms with Crippen LogP contribution in [0.5, 0.6) is 0 Å². The van der Waals surface area contributed by atoms with Crippen molar-refractivity contribution in [2.24, 2.45) is 0 Å². The van der Waals surface area contributed by atoms with Crippen molar-refractivity contribution in [1.29, 1.82) is 0 Å². The van der Waals surface area contributed by atoms with Crippen LogP contribution in [0.15, 0.2) is 41.6 Å². The Bertz CT molecular complexity index is 760. The molecule has 0 saturated carbocycles. The average Bonchev–Trinajstić information content (AvgIpc) is 2.66. The van der Waals surface area contributed by atoms with Gasteiger partial charge in [-0.2, -0.15) is 4.31 Å². The molecule has 6 heteroatoms. The van der Waals surface area contributed by atoms with Gasteiger partial charge < -0.3 is 5.32 Å². The first-order valence-electron chi connectivity index (χ1n) is 9.64. The van der Waals surface area contributed by atoms with E-state index >= 15 is 0 Å². The molecule has 1 aromatic heterocycles. The molecule has 2 rings (SSSR count). The van der Waals surface area contributed by atoms with Crippen LogP contribution in [0.4, 0.5) is 0 Å². The number of nitrogens with one attached hydrogen (secondary N) is 1. The van der Waals surface area contributed by atoms with Gasteiger partial charge in [-0.3, -0.25) is 4.98 Å². The summed E-state index contributed by atoms with van der Waals surface area (Å²) in [6.45, 7) is 7.08. The standard InChI is InChI=1S/C20H31N3O2S/c1-3-5-6-7-15-23(16-9-13-21-4-2)26(24,25)20-11-8-10-18-17-22-14-12-19(18)20/h8,10-12,14,17,21H,3-7,9,13,15-16H2,1-2H3. The van der Waals surface area contributed by atoms with Crippen LogP contribution in [-0.2, 0) is 10.0 Å². The zero-order chi connectivity index (χ0) is 18.8. The third-order valence-corrected chi connectivity index (χ3v) is 6.49. The molecule has 0 atom stereocenters. The van der Waals surface area contributed by atoms with Crippen LogP contribution >= 0.6 is 0 Å². The molecule has 0 aliphatic heterocycles. The molecule has 144 valence electrons. The lowest BCUT2D eigenvalue weighted by molar-refractivity contribution is 0.389. The second kappa shape index (κ2) is 10.6. The number of hydrogen-bond acceptors (Lipinski definition) is 4. The summed E-state index contributed by atoms with van der Waals surface area (Å²) in [5.74, 6) is 0. The first kappa shape index (κ1) is 20.8. The van der Waals surface area contributed by atoms with E-state index in [1.165, 1.54) is 0 Å². The first-order chi connectivity index (χ1) is 12.6. The number of unbranched alkanes of at least 4 members (excludes halogenated alkanes) is 3. The number of rotatable bonds is 12. The minimum atomic E-state index is -3.52. The number of pyridine rings is 1. The van der Waals surface area contributed by atoms with E-state index in [9.17, 15) is 8.42 Å². The van der Waals surface area contributed by atoms with E-state index in [0.29, 0.717) is 18.0 Å². The molecule has 26 heavy (non-hydrogen) atoms. The summed E-state index contributed by atoms with van der Waals surface area (Å²) < 4.78 is 28.4. The van der Waals surface area contributed by atoms with E-state index in [1.54, 1.807) is 34.9 Å². The Kier molecular flexibility index (Phi) is 8.48. The van der Waals surface area contributed by atoms with E-state index in [0.717, 1.165) is 56.0 Å². The highest BCUT2D eigenvalue weighted by Crippen LogP contribution is 2.25. The fraction of sp³-hybridized carbons (Fsp3) is 0.550. The second-order valence-electron chi connectivity index (χ2n) is 6.52. The summed E-state index contributed by atoms with van der Waals surface area (Å²) in [5, 5.41) is 4.87. The van der Waals surface area contributed by atoms with Crippen molar-refractivity contribution in [3.05, 3.63) is 36.7 Å². The second-order valence-corrected chi connectivity index (χ2v) is 8.43. The quantitative estimate of drug-likeness (QED) is 0.572. The Morgan fingerprint density at radius 2 is 1.85 bits per heavy atom. The van der Waals surface area contributed by atoms with E-state index in [1.807, 2.05) is 6.07 Å². The van der Waals surface area contributed by atoms with Crippen LogP contribution in [0.3, 0.4) is 0 Å². The van der Waals surface area contributed by atoms with Gasteiger partial charge in [0.2, 0.25) is 10.0 Å². The van der Waals surface area contributed by atoms with Crippen LogP contribution in [0, 0.1) is 0 Å². The van der Waals surface area contributed by atoms with Crippen molar-refractivity contribution in [2.75, 3.05) is 26.2 Å². The fourth-order valence-corrected chi connectivity index (χ4v) is 4.81. The van der Waals surface area contributed by atoms with Crippen LogP contribution in [-0.4, -0.2) is 43.9 Å². The third kappa shape index (κ3) is 5.50. The van der Waals surface area contributed by atoms with Gasteiger partial charge in [-0.25, -0.2) is 8.42 Å². The molecular formula is C20H31N3O2S. The van der Waals surface area contributed by atoms with Gasteiger partial charge in [-0.1, -0.05) is 45.2 Å². The average molecular weight is 378 g/mol. The lowest BCUT2D eigenvalue weighted by atomic mass is 10.2. The van der Waals surface area contributed by atoms with E-state index in [4.69, 9.17) is 0 Å². The fourth-order valence-electron chi connectivity index (χ4n) is 3.08.